The average molecular weight is 218 g/mol. The van der Waals surface area contributed by atoms with Gasteiger partial charge < -0.3 is 10.2 Å². The van der Waals surface area contributed by atoms with Crippen molar-refractivity contribution in [3.05, 3.63) is 45.9 Å². The molecule has 0 amide bonds. The van der Waals surface area contributed by atoms with Crippen LogP contribution in [0.2, 0.25) is 0 Å². The first-order chi connectivity index (χ1) is 7.45. The van der Waals surface area contributed by atoms with Crippen LogP contribution < -0.4 is 0 Å². The molecule has 0 saturated carbocycles. The van der Waals surface area contributed by atoms with E-state index in [0.717, 1.165) is 0 Å². The molecule has 0 spiro atoms. The first-order valence-electron chi connectivity index (χ1n) is 4.77. The molecule has 1 aliphatic rings. The highest BCUT2D eigenvalue weighted by atomic mass is 16.3. The summed E-state index contributed by atoms with van der Waals surface area (Å²) in [6.07, 6.45) is 0. The number of carbonyl (C=O) groups is 2. The van der Waals surface area contributed by atoms with Crippen molar-refractivity contribution in [1.29, 1.82) is 0 Å². The van der Waals surface area contributed by atoms with E-state index in [2.05, 4.69) is 0 Å². The van der Waals surface area contributed by atoms with Crippen LogP contribution >= 0.6 is 0 Å². The molecule has 16 heavy (non-hydrogen) atoms. The molecule has 4 heteroatoms. The van der Waals surface area contributed by atoms with Crippen LogP contribution in [0.5, 0.6) is 0 Å². The Morgan fingerprint density at radius 3 is 1.44 bits per heavy atom. The first kappa shape index (κ1) is 10.4. The largest absolute Gasteiger partial charge is 0.501 e. The lowest BCUT2D eigenvalue weighted by atomic mass is 9.86. The van der Waals surface area contributed by atoms with Gasteiger partial charge in [-0.3, -0.25) is 9.59 Å². The smallest absolute Gasteiger partial charge is 0.232 e. The summed E-state index contributed by atoms with van der Waals surface area (Å²) in [5, 5.41) is 18.7. The maximum absolute atomic E-state index is 11.7. The van der Waals surface area contributed by atoms with E-state index in [4.69, 9.17) is 0 Å². The van der Waals surface area contributed by atoms with Gasteiger partial charge >= 0.3 is 0 Å². The average Bonchev–Trinajstić information content (AvgIpc) is 2.26. The summed E-state index contributed by atoms with van der Waals surface area (Å²) in [6, 6.07) is 3.41. The number of aryl methyl sites for hydroxylation is 2. The molecule has 2 rings (SSSR count). The topological polar surface area (TPSA) is 74.6 Å². The van der Waals surface area contributed by atoms with Crippen LogP contribution in [0.4, 0.5) is 0 Å². The van der Waals surface area contributed by atoms with Gasteiger partial charge in [-0.15, -0.1) is 0 Å². The van der Waals surface area contributed by atoms with Crippen LogP contribution in [-0.4, -0.2) is 21.8 Å². The van der Waals surface area contributed by atoms with E-state index in [9.17, 15) is 19.8 Å². The number of benzene rings is 1. The molecule has 0 aromatic heterocycles. The van der Waals surface area contributed by atoms with Gasteiger partial charge in [0, 0.05) is 11.1 Å². The number of aliphatic hydroxyl groups is 2. The monoisotopic (exact) mass is 218 g/mol. The Morgan fingerprint density at radius 1 is 0.812 bits per heavy atom. The van der Waals surface area contributed by atoms with Gasteiger partial charge in [-0.25, -0.2) is 0 Å². The van der Waals surface area contributed by atoms with Crippen molar-refractivity contribution < 1.29 is 19.8 Å². The second-order valence-electron chi connectivity index (χ2n) is 3.80. The van der Waals surface area contributed by atoms with Crippen molar-refractivity contribution in [2.45, 2.75) is 13.8 Å². The lowest BCUT2D eigenvalue weighted by Gasteiger charge is -2.17. The molecule has 0 radical (unpaired) electrons. The van der Waals surface area contributed by atoms with Crippen molar-refractivity contribution >= 4 is 11.6 Å². The van der Waals surface area contributed by atoms with E-state index >= 15 is 0 Å². The van der Waals surface area contributed by atoms with Crippen LogP contribution in [0.3, 0.4) is 0 Å². The molecule has 82 valence electrons. The molecule has 0 atom stereocenters. The Balaban J connectivity index is 2.86. The zero-order chi connectivity index (χ0) is 12.0. The third-order valence-electron chi connectivity index (χ3n) is 2.73. The van der Waals surface area contributed by atoms with E-state index in [0.29, 0.717) is 11.1 Å². The normalized spacial score (nSPS) is 15.4. The highest BCUT2D eigenvalue weighted by Crippen LogP contribution is 2.28. The van der Waals surface area contributed by atoms with Crippen LogP contribution in [-0.2, 0) is 0 Å². The fourth-order valence-corrected chi connectivity index (χ4v) is 1.85. The number of fused-ring (bicyclic) bond motifs is 1. The highest BCUT2D eigenvalue weighted by molar-refractivity contribution is 6.26. The van der Waals surface area contributed by atoms with Crippen LogP contribution in [0, 0.1) is 13.8 Å². The summed E-state index contributed by atoms with van der Waals surface area (Å²) < 4.78 is 0. The molecule has 0 heterocycles. The van der Waals surface area contributed by atoms with Gasteiger partial charge in [0.05, 0.1) is 0 Å². The zero-order valence-electron chi connectivity index (χ0n) is 8.87. The minimum Gasteiger partial charge on any atom is -0.501 e. The van der Waals surface area contributed by atoms with Crippen LogP contribution in [0.1, 0.15) is 31.8 Å². The number of carbonyl (C=O) groups excluding carboxylic acids is 2. The predicted molar refractivity (Wildman–Crippen MR) is 56.9 cm³/mol. The van der Waals surface area contributed by atoms with Crippen LogP contribution in [0.25, 0.3) is 0 Å². The second kappa shape index (κ2) is 3.20. The Morgan fingerprint density at radius 2 is 1.12 bits per heavy atom. The van der Waals surface area contributed by atoms with E-state index in [1.165, 1.54) is 0 Å². The van der Waals surface area contributed by atoms with Crippen molar-refractivity contribution in [3.8, 4) is 0 Å². The SMILES string of the molecule is Cc1ccc(C)c2c1C(=O)C(O)=C(O)C2=O. The third-order valence-corrected chi connectivity index (χ3v) is 2.73. The summed E-state index contributed by atoms with van der Waals surface area (Å²) in [6.45, 7) is 3.36. The number of allylic oxidation sites excluding steroid dienone is 2. The van der Waals surface area contributed by atoms with E-state index in [1.54, 1.807) is 26.0 Å². The Bertz CT molecular complexity index is 503. The third kappa shape index (κ3) is 1.16. The van der Waals surface area contributed by atoms with Gasteiger partial charge in [-0.2, -0.15) is 0 Å². The molecular formula is C12H10O4. The lowest BCUT2D eigenvalue weighted by molar-refractivity contribution is 0.0879. The van der Waals surface area contributed by atoms with Gasteiger partial charge in [0.2, 0.25) is 23.1 Å². The van der Waals surface area contributed by atoms with Gasteiger partial charge in [-0.1, -0.05) is 12.1 Å². The van der Waals surface area contributed by atoms with E-state index < -0.39 is 23.1 Å². The molecule has 1 aromatic rings. The summed E-state index contributed by atoms with van der Waals surface area (Å²) in [5.41, 5.74) is 1.58. The molecule has 2 N–H and O–H groups in total. The molecule has 0 saturated heterocycles. The molecule has 4 nitrogen and oxygen atoms in total. The van der Waals surface area contributed by atoms with Crippen molar-refractivity contribution in [1.82, 2.24) is 0 Å². The zero-order valence-corrected chi connectivity index (χ0v) is 8.87. The van der Waals surface area contributed by atoms with E-state index in [-0.39, 0.29) is 11.1 Å². The van der Waals surface area contributed by atoms with Crippen molar-refractivity contribution in [2.75, 3.05) is 0 Å². The molecule has 0 unspecified atom stereocenters. The molecule has 1 aliphatic carbocycles. The van der Waals surface area contributed by atoms with Gasteiger partial charge in [0.25, 0.3) is 0 Å². The summed E-state index contributed by atoms with van der Waals surface area (Å²) in [5.74, 6) is -3.14. The quantitative estimate of drug-likeness (QED) is 0.698. The van der Waals surface area contributed by atoms with Gasteiger partial charge in [0.1, 0.15) is 0 Å². The van der Waals surface area contributed by atoms with Gasteiger partial charge in [0.15, 0.2) is 0 Å². The standard InChI is InChI=1S/C12H10O4/c1-5-3-4-6(2)8-7(5)9(13)11(15)12(16)10(8)14/h3-4,15-16H,1-2H3. The predicted octanol–water partition coefficient (Wildman–Crippen LogP) is 2.01. The van der Waals surface area contributed by atoms with E-state index in [1.807, 2.05) is 0 Å². The maximum Gasteiger partial charge on any atom is 0.232 e. The highest BCUT2D eigenvalue weighted by Gasteiger charge is 2.34. The van der Waals surface area contributed by atoms with Crippen molar-refractivity contribution in [3.63, 3.8) is 0 Å². The minimum absolute atomic E-state index is 0.181. The lowest BCUT2D eigenvalue weighted by Crippen LogP contribution is -2.24. The second-order valence-corrected chi connectivity index (χ2v) is 3.80. The summed E-state index contributed by atoms with van der Waals surface area (Å²) in [4.78, 5) is 23.5. The summed E-state index contributed by atoms with van der Waals surface area (Å²) in [7, 11) is 0. The number of Topliss-reactive ketones (excluding diaryl/α,β-unsaturated/α-hetero) is 2. The Labute approximate surface area is 91.8 Å². The fourth-order valence-electron chi connectivity index (χ4n) is 1.85. The van der Waals surface area contributed by atoms with Gasteiger partial charge in [-0.05, 0) is 25.0 Å². The molecule has 1 aromatic carbocycles. The Hall–Kier alpha value is -2.10. The number of aliphatic hydroxyl groups excluding tert-OH is 2. The molecular weight excluding hydrogens is 208 g/mol. The molecule has 0 bridgehead atoms. The number of hydrogen-bond acceptors (Lipinski definition) is 4. The first-order valence-corrected chi connectivity index (χ1v) is 4.77. The Kier molecular flexibility index (Phi) is 2.08. The van der Waals surface area contributed by atoms with Crippen LogP contribution in [0.15, 0.2) is 23.7 Å². The summed E-state index contributed by atoms with van der Waals surface area (Å²) >= 11 is 0. The van der Waals surface area contributed by atoms with Crippen molar-refractivity contribution in [2.24, 2.45) is 0 Å². The number of ketones is 2. The number of hydrogen-bond donors (Lipinski definition) is 2. The maximum atomic E-state index is 11.7. The minimum atomic E-state index is -0.869. The number of rotatable bonds is 0. The fraction of sp³-hybridized carbons (Fsp3) is 0.167. The molecule has 0 aliphatic heterocycles. The molecule has 0 fully saturated rings.